The Morgan fingerprint density at radius 3 is 2.76 bits per heavy atom. The first-order valence-corrected chi connectivity index (χ1v) is 7.47. The van der Waals surface area contributed by atoms with Crippen LogP contribution in [0.15, 0.2) is 18.6 Å². The number of H-pyrrole nitrogens is 1. The van der Waals surface area contributed by atoms with Crippen molar-refractivity contribution in [1.82, 2.24) is 20.2 Å². The second kappa shape index (κ2) is 6.11. The van der Waals surface area contributed by atoms with Crippen molar-refractivity contribution in [2.24, 2.45) is 0 Å². The number of ether oxygens (including phenoxy) is 1. The molecule has 1 fully saturated rings. The minimum atomic E-state index is 0.586. The third kappa shape index (κ3) is 2.99. The average molecular weight is 287 g/mol. The lowest BCUT2D eigenvalue weighted by atomic mass is 9.90. The highest BCUT2D eigenvalue weighted by molar-refractivity contribution is 5.39. The van der Waals surface area contributed by atoms with Gasteiger partial charge in [0.25, 0.3) is 0 Å². The third-order valence-corrected chi connectivity index (χ3v) is 4.02. The van der Waals surface area contributed by atoms with Gasteiger partial charge in [0.05, 0.1) is 25.2 Å². The lowest BCUT2D eigenvalue weighted by Crippen LogP contribution is -2.33. The van der Waals surface area contributed by atoms with E-state index in [1.165, 1.54) is 11.3 Å². The molecule has 2 aromatic heterocycles. The molecule has 0 aromatic carbocycles. The predicted octanol–water partition coefficient (Wildman–Crippen LogP) is 2.29. The van der Waals surface area contributed by atoms with Crippen LogP contribution in [0, 0.1) is 6.92 Å². The Morgan fingerprint density at radius 2 is 2.10 bits per heavy atom. The molecule has 0 unspecified atom stereocenters. The summed E-state index contributed by atoms with van der Waals surface area (Å²) in [5.41, 5.74) is 2.54. The van der Waals surface area contributed by atoms with Crippen LogP contribution in [0.2, 0.25) is 0 Å². The molecule has 1 aliphatic heterocycles. The lowest BCUT2D eigenvalue weighted by Gasteiger charge is -2.32. The van der Waals surface area contributed by atoms with E-state index in [1.54, 1.807) is 6.20 Å². The molecule has 0 aliphatic carbocycles. The molecule has 112 valence electrons. The molecule has 1 aliphatic rings. The molecule has 1 saturated heterocycles. The highest BCUT2D eigenvalue weighted by Crippen LogP contribution is 2.30. The van der Waals surface area contributed by atoms with Gasteiger partial charge in [0.1, 0.15) is 0 Å². The van der Waals surface area contributed by atoms with Crippen LogP contribution in [0.5, 0.6) is 5.88 Å². The highest BCUT2D eigenvalue weighted by Gasteiger charge is 2.23. The molecular formula is C15H21N5O. The summed E-state index contributed by atoms with van der Waals surface area (Å²) in [5.74, 6) is 2.09. The average Bonchev–Trinajstić information content (AvgIpc) is 2.94. The van der Waals surface area contributed by atoms with Crippen LogP contribution in [-0.2, 0) is 0 Å². The van der Waals surface area contributed by atoms with Gasteiger partial charge in [-0.3, -0.25) is 10.1 Å². The molecule has 0 atom stereocenters. The van der Waals surface area contributed by atoms with Crippen LogP contribution in [-0.4, -0.2) is 39.9 Å². The fraction of sp³-hybridized carbons (Fsp3) is 0.533. The second-order valence-electron chi connectivity index (χ2n) is 5.36. The van der Waals surface area contributed by atoms with Gasteiger partial charge < -0.3 is 9.64 Å². The van der Waals surface area contributed by atoms with E-state index in [0.29, 0.717) is 18.4 Å². The van der Waals surface area contributed by atoms with Crippen molar-refractivity contribution in [3.63, 3.8) is 0 Å². The predicted molar refractivity (Wildman–Crippen MR) is 80.7 cm³/mol. The molecule has 0 bridgehead atoms. The molecule has 0 spiro atoms. The summed E-state index contributed by atoms with van der Waals surface area (Å²) in [4.78, 5) is 11.0. The number of hydrogen-bond donors (Lipinski definition) is 1. The van der Waals surface area contributed by atoms with Gasteiger partial charge in [-0.25, -0.2) is 0 Å². The maximum absolute atomic E-state index is 5.42. The van der Waals surface area contributed by atoms with Crippen molar-refractivity contribution < 1.29 is 4.74 Å². The Hall–Kier alpha value is -2.11. The molecular weight excluding hydrogens is 266 g/mol. The summed E-state index contributed by atoms with van der Waals surface area (Å²) in [5, 5.41) is 7.16. The van der Waals surface area contributed by atoms with Crippen LogP contribution >= 0.6 is 0 Å². The number of anilines is 1. The first-order chi connectivity index (χ1) is 10.3. The number of aryl methyl sites for hydroxylation is 1. The molecule has 3 rings (SSSR count). The zero-order valence-electron chi connectivity index (χ0n) is 12.5. The van der Waals surface area contributed by atoms with E-state index >= 15 is 0 Å². The summed E-state index contributed by atoms with van der Waals surface area (Å²) in [7, 11) is 0. The quantitative estimate of drug-likeness (QED) is 0.934. The van der Waals surface area contributed by atoms with Crippen molar-refractivity contribution in [3.05, 3.63) is 29.8 Å². The number of nitrogens with zero attached hydrogens (tertiary/aromatic N) is 4. The Kier molecular flexibility index (Phi) is 4.03. The first kappa shape index (κ1) is 13.9. The molecule has 2 aromatic rings. The van der Waals surface area contributed by atoms with Crippen molar-refractivity contribution in [2.45, 2.75) is 32.6 Å². The molecule has 21 heavy (non-hydrogen) atoms. The van der Waals surface area contributed by atoms with Gasteiger partial charge in [0, 0.05) is 18.8 Å². The van der Waals surface area contributed by atoms with Crippen LogP contribution < -0.4 is 9.64 Å². The standard InChI is InChI=1S/C15H21N5O/c1-3-21-15-10-16-9-14(18-15)20-6-4-12(5-7-20)13-8-17-19-11(13)2/h8-10,12H,3-7H2,1-2H3,(H,17,19). The minimum Gasteiger partial charge on any atom is -0.477 e. The fourth-order valence-corrected chi connectivity index (χ4v) is 2.90. The highest BCUT2D eigenvalue weighted by atomic mass is 16.5. The maximum atomic E-state index is 5.42. The summed E-state index contributed by atoms with van der Waals surface area (Å²) in [6, 6.07) is 0. The van der Waals surface area contributed by atoms with E-state index < -0.39 is 0 Å². The zero-order chi connectivity index (χ0) is 14.7. The van der Waals surface area contributed by atoms with Gasteiger partial charge in [0.15, 0.2) is 5.82 Å². The molecule has 3 heterocycles. The smallest absolute Gasteiger partial charge is 0.234 e. The Bertz CT molecular complexity index is 589. The third-order valence-electron chi connectivity index (χ3n) is 4.02. The molecule has 0 radical (unpaired) electrons. The van der Waals surface area contributed by atoms with Crippen LogP contribution in [0.25, 0.3) is 0 Å². The van der Waals surface area contributed by atoms with E-state index in [0.717, 1.165) is 31.7 Å². The van der Waals surface area contributed by atoms with E-state index in [1.807, 2.05) is 19.3 Å². The Morgan fingerprint density at radius 1 is 1.29 bits per heavy atom. The van der Waals surface area contributed by atoms with Crippen molar-refractivity contribution >= 4 is 5.82 Å². The van der Waals surface area contributed by atoms with Crippen molar-refractivity contribution in [1.29, 1.82) is 0 Å². The Labute approximate surface area is 124 Å². The van der Waals surface area contributed by atoms with Crippen LogP contribution in [0.4, 0.5) is 5.82 Å². The molecule has 6 heteroatoms. The van der Waals surface area contributed by atoms with Gasteiger partial charge in [-0.15, -0.1) is 0 Å². The summed E-state index contributed by atoms with van der Waals surface area (Å²) >= 11 is 0. The topological polar surface area (TPSA) is 66.9 Å². The summed E-state index contributed by atoms with van der Waals surface area (Å²) < 4.78 is 5.42. The largest absolute Gasteiger partial charge is 0.477 e. The van der Waals surface area contributed by atoms with Gasteiger partial charge in [-0.1, -0.05) is 0 Å². The molecule has 0 amide bonds. The summed E-state index contributed by atoms with van der Waals surface area (Å²) in [6.07, 6.45) is 7.66. The number of rotatable bonds is 4. The second-order valence-corrected chi connectivity index (χ2v) is 5.36. The van der Waals surface area contributed by atoms with Gasteiger partial charge in [0.2, 0.25) is 5.88 Å². The number of piperidine rings is 1. The number of hydrogen-bond acceptors (Lipinski definition) is 5. The Balaban J connectivity index is 1.65. The minimum absolute atomic E-state index is 0.586. The maximum Gasteiger partial charge on any atom is 0.234 e. The normalized spacial score (nSPS) is 16.2. The zero-order valence-corrected chi connectivity index (χ0v) is 12.5. The van der Waals surface area contributed by atoms with Gasteiger partial charge in [-0.2, -0.15) is 10.1 Å². The van der Waals surface area contributed by atoms with Crippen LogP contribution in [0.1, 0.15) is 36.9 Å². The van der Waals surface area contributed by atoms with E-state index in [2.05, 4.69) is 32.0 Å². The van der Waals surface area contributed by atoms with Crippen LogP contribution in [0.3, 0.4) is 0 Å². The molecule has 1 N–H and O–H groups in total. The summed E-state index contributed by atoms with van der Waals surface area (Å²) in [6.45, 7) is 6.62. The first-order valence-electron chi connectivity index (χ1n) is 7.47. The molecule has 6 nitrogen and oxygen atoms in total. The number of aromatic nitrogens is 4. The lowest BCUT2D eigenvalue weighted by molar-refractivity contribution is 0.325. The fourth-order valence-electron chi connectivity index (χ4n) is 2.90. The molecule has 0 saturated carbocycles. The van der Waals surface area contributed by atoms with Crippen molar-refractivity contribution in [2.75, 3.05) is 24.6 Å². The van der Waals surface area contributed by atoms with E-state index in [4.69, 9.17) is 4.74 Å². The van der Waals surface area contributed by atoms with E-state index in [9.17, 15) is 0 Å². The van der Waals surface area contributed by atoms with Gasteiger partial charge >= 0.3 is 0 Å². The number of nitrogens with one attached hydrogen (secondary N) is 1. The SMILES string of the molecule is CCOc1cncc(N2CCC(c3cn[nH]c3C)CC2)n1. The van der Waals surface area contributed by atoms with E-state index in [-0.39, 0.29) is 0 Å². The van der Waals surface area contributed by atoms with Crippen molar-refractivity contribution in [3.8, 4) is 5.88 Å². The number of aromatic amines is 1. The monoisotopic (exact) mass is 287 g/mol. The van der Waals surface area contributed by atoms with Gasteiger partial charge in [-0.05, 0) is 38.2 Å².